The lowest BCUT2D eigenvalue weighted by Crippen LogP contribution is -2.19. The van der Waals surface area contributed by atoms with Crippen LogP contribution < -0.4 is 5.32 Å². The van der Waals surface area contributed by atoms with Gasteiger partial charge in [-0.3, -0.25) is 4.79 Å². The Hall–Kier alpha value is -1.34. The van der Waals surface area contributed by atoms with Gasteiger partial charge in [-0.2, -0.15) is 0 Å². The number of rotatable bonds is 1. The van der Waals surface area contributed by atoms with Crippen molar-refractivity contribution in [3.8, 4) is 11.8 Å². The molecule has 2 nitrogen and oxygen atoms in total. The largest absolute Gasteiger partial charge is 0.345 e. The molecule has 0 bridgehead atoms. The number of hydrogen-bond donors (Lipinski definition) is 1. The summed E-state index contributed by atoms with van der Waals surface area (Å²) >= 11 is 3.20. The SMILES string of the molecule is CC(=O)NCC#Cc1ccc(F)cc1Br. The van der Waals surface area contributed by atoms with Crippen molar-refractivity contribution in [2.75, 3.05) is 6.54 Å². The molecule has 1 aromatic rings. The Morgan fingerprint density at radius 1 is 1.60 bits per heavy atom. The minimum Gasteiger partial charge on any atom is -0.345 e. The summed E-state index contributed by atoms with van der Waals surface area (Å²) in [7, 11) is 0. The van der Waals surface area contributed by atoms with Crippen molar-refractivity contribution in [3.63, 3.8) is 0 Å². The summed E-state index contributed by atoms with van der Waals surface area (Å²) in [5.74, 6) is 5.14. The molecule has 0 atom stereocenters. The third-order valence-corrected chi connectivity index (χ3v) is 2.24. The molecule has 78 valence electrons. The maximum Gasteiger partial charge on any atom is 0.217 e. The van der Waals surface area contributed by atoms with E-state index in [1.807, 2.05) is 0 Å². The van der Waals surface area contributed by atoms with Crippen molar-refractivity contribution in [1.29, 1.82) is 0 Å². The molecule has 1 amide bonds. The lowest BCUT2D eigenvalue weighted by atomic mass is 10.2. The van der Waals surface area contributed by atoms with Crippen LogP contribution in [0.25, 0.3) is 0 Å². The Balaban J connectivity index is 2.67. The molecule has 1 rings (SSSR count). The molecule has 4 heteroatoms. The van der Waals surface area contributed by atoms with Gasteiger partial charge in [-0.25, -0.2) is 4.39 Å². The molecule has 0 spiro atoms. The van der Waals surface area contributed by atoms with Gasteiger partial charge in [-0.15, -0.1) is 0 Å². The molecule has 0 saturated carbocycles. The highest BCUT2D eigenvalue weighted by Crippen LogP contribution is 2.16. The fraction of sp³-hybridized carbons (Fsp3) is 0.182. The van der Waals surface area contributed by atoms with E-state index in [-0.39, 0.29) is 11.7 Å². The summed E-state index contributed by atoms with van der Waals surface area (Å²) in [6.07, 6.45) is 0. The van der Waals surface area contributed by atoms with E-state index in [9.17, 15) is 9.18 Å². The van der Waals surface area contributed by atoms with Crippen molar-refractivity contribution in [2.24, 2.45) is 0 Å². The molecule has 0 aromatic heterocycles. The van der Waals surface area contributed by atoms with Gasteiger partial charge in [0, 0.05) is 17.0 Å². The van der Waals surface area contributed by atoms with E-state index >= 15 is 0 Å². The topological polar surface area (TPSA) is 29.1 Å². The maximum absolute atomic E-state index is 12.7. The highest BCUT2D eigenvalue weighted by atomic mass is 79.9. The van der Waals surface area contributed by atoms with Crippen LogP contribution in [0, 0.1) is 17.7 Å². The summed E-state index contributed by atoms with van der Waals surface area (Å²) in [5, 5.41) is 2.54. The Labute approximate surface area is 96.0 Å². The van der Waals surface area contributed by atoms with Crippen LogP contribution in [0.1, 0.15) is 12.5 Å². The zero-order chi connectivity index (χ0) is 11.3. The molecule has 0 fully saturated rings. The Morgan fingerprint density at radius 2 is 2.33 bits per heavy atom. The second kappa shape index (κ2) is 5.52. The first kappa shape index (κ1) is 11.7. The van der Waals surface area contributed by atoms with Crippen molar-refractivity contribution >= 4 is 21.8 Å². The molecule has 1 N–H and O–H groups in total. The van der Waals surface area contributed by atoms with E-state index in [4.69, 9.17) is 0 Å². The van der Waals surface area contributed by atoms with Crippen LogP contribution in [0.2, 0.25) is 0 Å². The molecule has 15 heavy (non-hydrogen) atoms. The number of benzene rings is 1. The van der Waals surface area contributed by atoms with Gasteiger partial charge < -0.3 is 5.32 Å². The predicted octanol–water partition coefficient (Wildman–Crippen LogP) is 2.08. The fourth-order valence-electron chi connectivity index (χ4n) is 0.899. The summed E-state index contributed by atoms with van der Waals surface area (Å²) < 4.78 is 13.3. The van der Waals surface area contributed by atoms with E-state index in [0.717, 1.165) is 0 Å². The standard InChI is InChI=1S/C11H9BrFNO/c1-8(15)14-6-2-3-9-4-5-10(13)7-11(9)12/h4-5,7H,6H2,1H3,(H,14,15). The summed E-state index contributed by atoms with van der Waals surface area (Å²) in [5.41, 5.74) is 0.696. The molecule has 0 aliphatic carbocycles. The lowest BCUT2D eigenvalue weighted by molar-refractivity contribution is -0.118. The number of carbonyl (C=O) groups excluding carboxylic acids is 1. The number of halogens is 2. The second-order valence-corrected chi connectivity index (χ2v) is 3.69. The fourth-order valence-corrected chi connectivity index (χ4v) is 1.35. The first-order chi connectivity index (χ1) is 7.09. The van der Waals surface area contributed by atoms with Crippen LogP contribution in [0.4, 0.5) is 4.39 Å². The number of carbonyl (C=O) groups is 1. The highest BCUT2D eigenvalue weighted by Gasteiger charge is 1.97. The Morgan fingerprint density at radius 3 is 2.93 bits per heavy atom. The zero-order valence-electron chi connectivity index (χ0n) is 8.10. The lowest BCUT2D eigenvalue weighted by Gasteiger charge is -1.95. The monoisotopic (exact) mass is 269 g/mol. The first-order valence-electron chi connectivity index (χ1n) is 4.28. The minimum absolute atomic E-state index is 0.123. The van der Waals surface area contributed by atoms with Crippen molar-refractivity contribution in [1.82, 2.24) is 5.32 Å². The minimum atomic E-state index is -0.311. The van der Waals surface area contributed by atoms with Crippen LogP contribution in [-0.2, 0) is 4.79 Å². The molecule has 0 heterocycles. The maximum atomic E-state index is 12.7. The molecule has 0 aliphatic heterocycles. The predicted molar refractivity (Wildman–Crippen MR) is 59.7 cm³/mol. The average molecular weight is 270 g/mol. The van der Waals surface area contributed by atoms with Gasteiger partial charge in [-0.1, -0.05) is 11.8 Å². The average Bonchev–Trinajstić information content (AvgIpc) is 2.14. The Kier molecular flexibility index (Phi) is 4.32. The molecule has 0 unspecified atom stereocenters. The third kappa shape index (κ3) is 4.13. The van der Waals surface area contributed by atoms with Crippen LogP contribution >= 0.6 is 15.9 Å². The van der Waals surface area contributed by atoms with E-state index in [1.54, 1.807) is 6.07 Å². The normalized spacial score (nSPS) is 9.00. The first-order valence-corrected chi connectivity index (χ1v) is 5.07. The van der Waals surface area contributed by atoms with Crippen LogP contribution in [0.3, 0.4) is 0 Å². The number of amides is 1. The van der Waals surface area contributed by atoms with Crippen molar-refractivity contribution < 1.29 is 9.18 Å². The van der Waals surface area contributed by atoms with E-state index in [1.165, 1.54) is 19.1 Å². The molecule has 0 radical (unpaired) electrons. The van der Waals surface area contributed by atoms with Crippen LogP contribution in [0.5, 0.6) is 0 Å². The van der Waals surface area contributed by atoms with E-state index in [0.29, 0.717) is 16.6 Å². The van der Waals surface area contributed by atoms with Gasteiger partial charge in [0.1, 0.15) is 5.82 Å². The van der Waals surface area contributed by atoms with Gasteiger partial charge >= 0.3 is 0 Å². The van der Waals surface area contributed by atoms with Gasteiger partial charge in [0.05, 0.1) is 6.54 Å². The van der Waals surface area contributed by atoms with Crippen molar-refractivity contribution in [2.45, 2.75) is 6.92 Å². The Bertz CT molecular complexity index is 434. The smallest absolute Gasteiger partial charge is 0.217 e. The summed E-state index contributed by atoms with van der Waals surface area (Å²) in [6.45, 7) is 1.72. The third-order valence-electron chi connectivity index (χ3n) is 1.58. The molecule has 0 aliphatic rings. The van der Waals surface area contributed by atoms with Crippen LogP contribution in [0.15, 0.2) is 22.7 Å². The van der Waals surface area contributed by atoms with Gasteiger partial charge in [0.15, 0.2) is 0 Å². The quantitative estimate of drug-likeness (QED) is 0.778. The highest BCUT2D eigenvalue weighted by molar-refractivity contribution is 9.10. The summed E-state index contributed by atoms with van der Waals surface area (Å²) in [6, 6.07) is 4.27. The van der Waals surface area contributed by atoms with Crippen molar-refractivity contribution in [3.05, 3.63) is 34.1 Å². The number of hydrogen-bond acceptors (Lipinski definition) is 1. The molecular formula is C11H9BrFNO. The van der Waals surface area contributed by atoms with Gasteiger partial charge in [0.2, 0.25) is 5.91 Å². The van der Waals surface area contributed by atoms with E-state index < -0.39 is 0 Å². The molecule has 1 aromatic carbocycles. The second-order valence-electron chi connectivity index (χ2n) is 2.84. The van der Waals surface area contributed by atoms with Gasteiger partial charge in [0.25, 0.3) is 0 Å². The molecular weight excluding hydrogens is 261 g/mol. The zero-order valence-corrected chi connectivity index (χ0v) is 9.69. The van der Waals surface area contributed by atoms with Crippen LogP contribution in [-0.4, -0.2) is 12.5 Å². The molecule has 0 saturated heterocycles. The van der Waals surface area contributed by atoms with E-state index in [2.05, 4.69) is 33.1 Å². The summed E-state index contributed by atoms with van der Waals surface area (Å²) in [4.78, 5) is 10.5. The number of nitrogens with one attached hydrogen (secondary N) is 1. The van der Waals surface area contributed by atoms with Gasteiger partial charge in [-0.05, 0) is 34.1 Å².